The molecule has 90 valence electrons. The highest BCUT2D eigenvalue weighted by Crippen LogP contribution is 2.17. The Bertz CT molecular complexity index is 686. The monoisotopic (exact) mass is 301 g/mol. The molecule has 3 aromatic rings. The van der Waals surface area contributed by atoms with Gasteiger partial charge in [-0.3, -0.25) is 4.40 Å². The Kier molecular flexibility index (Phi) is 2.80. The molecular formula is C14H12BrN3. The summed E-state index contributed by atoms with van der Waals surface area (Å²) in [6, 6.07) is 14.1. The number of rotatable bonds is 2. The van der Waals surface area contributed by atoms with E-state index in [4.69, 9.17) is 5.73 Å². The Hall–Kier alpha value is -1.81. The largest absolute Gasteiger partial charge is 0.385 e. The fourth-order valence-electron chi connectivity index (χ4n) is 2.05. The lowest BCUT2D eigenvalue weighted by molar-refractivity contribution is 0.968. The van der Waals surface area contributed by atoms with Crippen molar-refractivity contribution < 1.29 is 0 Å². The van der Waals surface area contributed by atoms with Gasteiger partial charge in [0.15, 0.2) is 0 Å². The maximum Gasteiger partial charge on any atom is 0.119 e. The molecule has 4 heteroatoms. The molecule has 0 spiro atoms. The summed E-state index contributed by atoms with van der Waals surface area (Å²) < 4.78 is 3.07. The smallest absolute Gasteiger partial charge is 0.119 e. The van der Waals surface area contributed by atoms with Gasteiger partial charge in [-0.05, 0) is 29.8 Å². The maximum atomic E-state index is 5.99. The zero-order valence-electron chi connectivity index (χ0n) is 9.68. The Morgan fingerprint density at radius 3 is 2.67 bits per heavy atom. The molecule has 1 aromatic carbocycles. The van der Waals surface area contributed by atoms with E-state index in [1.165, 1.54) is 5.56 Å². The lowest BCUT2D eigenvalue weighted by Crippen LogP contribution is -2.01. The first-order valence-electron chi connectivity index (χ1n) is 5.69. The van der Waals surface area contributed by atoms with Crippen LogP contribution in [-0.2, 0) is 6.42 Å². The van der Waals surface area contributed by atoms with Crippen molar-refractivity contribution in [2.75, 3.05) is 5.73 Å². The van der Waals surface area contributed by atoms with E-state index in [0.29, 0.717) is 0 Å². The van der Waals surface area contributed by atoms with Crippen molar-refractivity contribution in [3.8, 4) is 0 Å². The molecule has 0 saturated heterocycles. The molecule has 0 radical (unpaired) electrons. The molecule has 2 aromatic heterocycles. The molecule has 0 aliphatic heterocycles. The molecule has 3 rings (SSSR count). The van der Waals surface area contributed by atoms with Crippen LogP contribution in [0.3, 0.4) is 0 Å². The first-order chi connectivity index (χ1) is 8.74. The fourth-order valence-corrected chi connectivity index (χ4v) is 2.31. The molecule has 0 saturated carbocycles. The summed E-state index contributed by atoms with van der Waals surface area (Å²) in [5.41, 5.74) is 8.24. The molecule has 3 nitrogen and oxygen atoms in total. The zero-order valence-corrected chi connectivity index (χ0v) is 11.3. The van der Waals surface area contributed by atoms with Crippen molar-refractivity contribution >= 4 is 27.3 Å². The third-order valence-electron chi connectivity index (χ3n) is 2.93. The maximum absolute atomic E-state index is 5.99. The van der Waals surface area contributed by atoms with E-state index >= 15 is 0 Å². The molecule has 2 N–H and O–H groups in total. The van der Waals surface area contributed by atoms with Gasteiger partial charge in [-0.2, -0.15) is 0 Å². The zero-order chi connectivity index (χ0) is 12.5. The van der Waals surface area contributed by atoms with E-state index in [-0.39, 0.29) is 0 Å². The van der Waals surface area contributed by atoms with Crippen LogP contribution in [0.4, 0.5) is 5.82 Å². The Morgan fingerprint density at radius 2 is 1.89 bits per heavy atom. The van der Waals surface area contributed by atoms with Crippen molar-refractivity contribution in [3.05, 3.63) is 64.5 Å². The van der Waals surface area contributed by atoms with Gasteiger partial charge in [-0.1, -0.05) is 34.1 Å². The summed E-state index contributed by atoms with van der Waals surface area (Å²) in [6.45, 7) is 0. The fraction of sp³-hybridized carbons (Fsp3) is 0.0714. The standard InChI is InChI=1S/C14H12BrN3/c15-11-6-4-10(5-7-11)8-14-17-9-12-2-1-3-13(16)18(12)14/h1-7,9H,8,16H2. The van der Waals surface area contributed by atoms with Gasteiger partial charge >= 0.3 is 0 Å². The molecular weight excluding hydrogens is 290 g/mol. The first-order valence-corrected chi connectivity index (χ1v) is 6.48. The topological polar surface area (TPSA) is 43.3 Å². The van der Waals surface area contributed by atoms with Crippen molar-refractivity contribution in [1.29, 1.82) is 0 Å². The predicted octanol–water partition coefficient (Wildman–Crippen LogP) is 3.27. The van der Waals surface area contributed by atoms with E-state index in [9.17, 15) is 0 Å². The summed E-state index contributed by atoms with van der Waals surface area (Å²) in [5, 5.41) is 0. The van der Waals surface area contributed by atoms with Crippen molar-refractivity contribution in [1.82, 2.24) is 9.38 Å². The Labute approximate surface area is 113 Å². The van der Waals surface area contributed by atoms with Crippen LogP contribution in [0.1, 0.15) is 11.4 Å². The van der Waals surface area contributed by atoms with Crippen LogP contribution in [0.2, 0.25) is 0 Å². The molecule has 0 aliphatic carbocycles. The van der Waals surface area contributed by atoms with Crippen LogP contribution in [0.5, 0.6) is 0 Å². The quantitative estimate of drug-likeness (QED) is 0.789. The number of imidazole rings is 1. The molecule has 0 atom stereocenters. The second kappa shape index (κ2) is 4.46. The number of anilines is 1. The van der Waals surface area contributed by atoms with Gasteiger partial charge in [0.1, 0.15) is 11.6 Å². The van der Waals surface area contributed by atoms with Crippen molar-refractivity contribution in [3.63, 3.8) is 0 Å². The van der Waals surface area contributed by atoms with E-state index in [1.54, 1.807) is 0 Å². The number of pyridine rings is 1. The van der Waals surface area contributed by atoms with Crippen molar-refractivity contribution in [2.45, 2.75) is 6.42 Å². The van der Waals surface area contributed by atoms with Crippen LogP contribution in [0.25, 0.3) is 5.52 Å². The molecule has 0 fully saturated rings. The molecule has 18 heavy (non-hydrogen) atoms. The minimum Gasteiger partial charge on any atom is -0.385 e. The van der Waals surface area contributed by atoms with Gasteiger partial charge < -0.3 is 5.73 Å². The van der Waals surface area contributed by atoms with Gasteiger partial charge in [0.05, 0.1) is 11.7 Å². The SMILES string of the molecule is Nc1cccc2cnc(Cc3ccc(Br)cc3)n12. The molecule has 0 unspecified atom stereocenters. The lowest BCUT2D eigenvalue weighted by Gasteiger charge is -2.05. The van der Waals surface area contributed by atoms with Crippen LogP contribution in [0, 0.1) is 0 Å². The van der Waals surface area contributed by atoms with Gasteiger partial charge in [-0.15, -0.1) is 0 Å². The Balaban J connectivity index is 2.02. The van der Waals surface area contributed by atoms with Gasteiger partial charge in [-0.25, -0.2) is 4.98 Å². The van der Waals surface area contributed by atoms with Gasteiger partial charge in [0.25, 0.3) is 0 Å². The van der Waals surface area contributed by atoms with Crippen LogP contribution in [-0.4, -0.2) is 9.38 Å². The third-order valence-corrected chi connectivity index (χ3v) is 3.46. The summed E-state index contributed by atoms with van der Waals surface area (Å²) in [5.74, 6) is 1.68. The van der Waals surface area contributed by atoms with Crippen LogP contribution in [0.15, 0.2) is 53.1 Å². The summed E-state index contributed by atoms with van der Waals surface area (Å²) in [6.07, 6.45) is 2.63. The van der Waals surface area contributed by atoms with E-state index in [0.717, 1.165) is 28.1 Å². The van der Waals surface area contributed by atoms with Gasteiger partial charge in [0, 0.05) is 10.9 Å². The molecule has 2 heterocycles. The van der Waals surface area contributed by atoms with E-state index < -0.39 is 0 Å². The molecule has 0 aliphatic rings. The number of fused-ring (bicyclic) bond motifs is 1. The minimum atomic E-state index is 0.720. The highest BCUT2D eigenvalue weighted by molar-refractivity contribution is 9.10. The number of nitrogens with zero attached hydrogens (tertiary/aromatic N) is 2. The number of halogens is 1. The number of aromatic nitrogens is 2. The summed E-state index contributed by atoms with van der Waals surface area (Å²) in [4.78, 5) is 4.45. The van der Waals surface area contributed by atoms with Crippen LogP contribution < -0.4 is 5.73 Å². The van der Waals surface area contributed by atoms with Gasteiger partial charge in [0.2, 0.25) is 0 Å². The predicted molar refractivity (Wildman–Crippen MR) is 76.6 cm³/mol. The highest BCUT2D eigenvalue weighted by Gasteiger charge is 2.06. The number of nitrogen functional groups attached to an aromatic ring is 1. The highest BCUT2D eigenvalue weighted by atomic mass is 79.9. The second-order valence-electron chi connectivity index (χ2n) is 4.19. The molecule has 0 amide bonds. The minimum absolute atomic E-state index is 0.720. The van der Waals surface area contributed by atoms with Crippen molar-refractivity contribution in [2.24, 2.45) is 0 Å². The Morgan fingerprint density at radius 1 is 1.11 bits per heavy atom. The number of hydrogen-bond donors (Lipinski definition) is 1. The number of nitrogens with two attached hydrogens (primary N) is 1. The normalized spacial score (nSPS) is 10.9. The van der Waals surface area contributed by atoms with E-state index in [2.05, 4.69) is 33.0 Å². The second-order valence-corrected chi connectivity index (χ2v) is 5.10. The third kappa shape index (κ3) is 1.99. The average Bonchev–Trinajstić information content (AvgIpc) is 2.77. The van der Waals surface area contributed by atoms with Crippen LogP contribution >= 0.6 is 15.9 Å². The number of hydrogen-bond acceptors (Lipinski definition) is 2. The first kappa shape index (κ1) is 11.3. The summed E-state index contributed by atoms with van der Waals surface area (Å²) >= 11 is 3.43. The van der Waals surface area contributed by atoms with E-state index in [1.807, 2.05) is 40.9 Å². The summed E-state index contributed by atoms with van der Waals surface area (Å²) in [7, 11) is 0. The number of benzene rings is 1. The lowest BCUT2D eigenvalue weighted by atomic mass is 10.1. The average molecular weight is 302 g/mol. The molecule has 0 bridgehead atoms.